The number of rotatable bonds is 8. The summed E-state index contributed by atoms with van der Waals surface area (Å²) in [4.78, 5) is 14.9. The average molecular weight is 423 g/mol. The quantitative estimate of drug-likeness (QED) is 0.409. The highest BCUT2D eigenvalue weighted by Gasteiger charge is 2.15. The molecule has 0 aliphatic heterocycles. The molecule has 0 saturated carbocycles. The van der Waals surface area contributed by atoms with Crippen LogP contribution >= 0.6 is 11.3 Å². The fourth-order valence-electron chi connectivity index (χ4n) is 3.54. The van der Waals surface area contributed by atoms with Crippen LogP contribution in [0.15, 0.2) is 36.7 Å². The van der Waals surface area contributed by atoms with Crippen molar-refractivity contribution in [3.8, 4) is 11.5 Å². The van der Waals surface area contributed by atoms with E-state index in [1.807, 2.05) is 12.1 Å². The number of nitrogens with zero attached hydrogens (tertiary/aromatic N) is 3. The molecular weight excluding hydrogens is 396 g/mol. The predicted molar refractivity (Wildman–Crippen MR) is 123 cm³/mol. The smallest absolute Gasteiger partial charge is 0.160 e. The van der Waals surface area contributed by atoms with Crippen LogP contribution in [0.4, 0.5) is 5.82 Å². The lowest BCUT2D eigenvalue weighted by Gasteiger charge is -2.16. The van der Waals surface area contributed by atoms with Crippen molar-refractivity contribution in [2.45, 2.75) is 32.6 Å². The molecule has 1 N–H and O–H groups in total. The second-order valence-corrected chi connectivity index (χ2v) is 8.30. The molecule has 0 spiro atoms. The average Bonchev–Trinajstić information content (AvgIpc) is 3.15. The Morgan fingerprint density at radius 2 is 1.90 bits per heavy atom. The fourth-order valence-corrected chi connectivity index (χ4v) is 4.66. The summed E-state index contributed by atoms with van der Waals surface area (Å²) < 4.78 is 11.8. The van der Waals surface area contributed by atoms with Crippen molar-refractivity contribution < 1.29 is 9.47 Å². The zero-order chi connectivity index (χ0) is 21.1. The second-order valence-electron chi connectivity index (χ2n) is 7.30. The zero-order valence-corrected chi connectivity index (χ0v) is 18.5. The maximum absolute atomic E-state index is 5.44. The van der Waals surface area contributed by atoms with Crippen molar-refractivity contribution >= 4 is 37.6 Å². The van der Waals surface area contributed by atoms with Gasteiger partial charge in [-0.25, -0.2) is 15.0 Å². The Balaban J connectivity index is 1.58. The molecule has 7 heteroatoms. The first-order valence-corrected chi connectivity index (χ1v) is 10.9. The van der Waals surface area contributed by atoms with E-state index in [0.29, 0.717) is 0 Å². The van der Waals surface area contributed by atoms with Crippen LogP contribution in [0.25, 0.3) is 20.4 Å². The molecule has 0 fully saturated rings. The number of pyridine rings is 1. The van der Waals surface area contributed by atoms with Crippen molar-refractivity contribution in [2.75, 3.05) is 26.1 Å². The van der Waals surface area contributed by atoms with Gasteiger partial charge in [0.25, 0.3) is 0 Å². The highest BCUT2D eigenvalue weighted by molar-refractivity contribution is 7.25. The molecule has 1 aromatic carbocycles. The predicted octanol–water partition coefficient (Wildman–Crippen LogP) is 5.42. The number of fused-ring (bicyclic) bond motifs is 3. The molecular formula is C23H26N4O2S. The highest BCUT2D eigenvalue weighted by atomic mass is 32.1. The largest absolute Gasteiger partial charge is 0.493 e. The van der Waals surface area contributed by atoms with Gasteiger partial charge in [0.15, 0.2) is 11.5 Å². The minimum atomic E-state index is 0.262. The Labute approximate surface area is 180 Å². The lowest BCUT2D eigenvalue weighted by atomic mass is 10.0. The summed E-state index contributed by atoms with van der Waals surface area (Å²) in [6.07, 6.45) is 3.70. The topological polar surface area (TPSA) is 69.2 Å². The number of hydrogen-bond donors (Lipinski definition) is 1. The minimum Gasteiger partial charge on any atom is -0.493 e. The first kappa shape index (κ1) is 20.3. The van der Waals surface area contributed by atoms with Gasteiger partial charge in [-0.15, -0.1) is 11.3 Å². The number of aromatic nitrogens is 3. The van der Waals surface area contributed by atoms with E-state index >= 15 is 0 Å². The van der Waals surface area contributed by atoms with Gasteiger partial charge < -0.3 is 14.8 Å². The van der Waals surface area contributed by atoms with Crippen molar-refractivity contribution in [2.24, 2.45) is 0 Å². The van der Waals surface area contributed by atoms with E-state index in [1.54, 1.807) is 31.9 Å². The Hall–Kier alpha value is -2.93. The van der Waals surface area contributed by atoms with E-state index in [-0.39, 0.29) is 5.92 Å². The molecule has 3 heterocycles. The molecule has 0 radical (unpaired) electrons. The molecule has 156 valence electrons. The van der Waals surface area contributed by atoms with Crippen LogP contribution in [-0.4, -0.2) is 35.7 Å². The summed E-state index contributed by atoms with van der Waals surface area (Å²) >= 11 is 1.65. The van der Waals surface area contributed by atoms with Gasteiger partial charge in [-0.1, -0.05) is 26.3 Å². The summed E-state index contributed by atoms with van der Waals surface area (Å²) in [5.41, 5.74) is 3.26. The van der Waals surface area contributed by atoms with Crippen molar-refractivity contribution in [3.05, 3.63) is 47.9 Å². The van der Waals surface area contributed by atoms with Gasteiger partial charge in [0.05, 0.1) is 24.4 Å². The Bertz CT molecular complexity index is 1170. The van der Waals surface area contributed by atoms with Crippen LogP contribution in [0.3, 0.4) is 0 Å². The van der Waals surface area contributed by atoms with Gasteiger partial charge in [-0.2, -0.15) is 0 Å². The Morgan fingerprint density at radius 1 is 1.07 bits per heavy atom. The van der Waals surface area contributed by atoms with Gasteiger partial charge in [-0.3, -0.25) is 0 Å². The van der Waals surface area contributed by atoms with E-state index in [1.165, 1.54) is 5.56 Å². The third-order valence-electron chi connectivity index (χ3n) is 5.23. The van der Waals surface area contributed by atoms with Gasteiger partial charge in [0.1, 0.15) is 17.0 Å². The molecule has 0 aliphatic carbocycles. The molecule has 1 unspecified atom stereocenters. The third kappa shape index (κ3) is 3.89. The monoisotopic (exact) mass is 422 g/mol. The van der Waals surface area contributed by atoms with E-state index < -0.39 is 0 Å². The minimum absolute atomic E-state index is 0.262. The molecule has 4 rings (SSSR count). The number of ether oxygens (including phenoxy) is 2. The van der Waals surface area contributed by atoms with E-state index in [4.69, 9.17) is 14.5 Å². The molecule has 0 bridgehead atoms. The third-order valence-corrected chi connectivity index (χ3v) is 6.33. The summed E-state index contributed by atoms with van der Waals surface area (Å²) in [7, 11) is 3.30. The summed E-state index contributed by atoms with van der Waals surface area (Å²) in [6.45, 7) is 5.09. The van der Waals surface area contributed by atoms with Gasteiger partial charge in [-0.05, 0) is 42.2 Å². The zero-order valence-electron chi connectivity index (χ0n) is 17.7. The molecule has 0 aliphatic rings. The summed E-state index contributed by atoms with van der Waals surface area (Å²) in [6, 6.07) is 10.3. The number of aryl methyl sites for hydroxylation is 1. The van der Waals surface area contributed by atoms with Gasteiger partial charge in [0, 0.05) is 17.6 Å². The molecule has 6 nitrogen and oxygen atoms in total. The fraction of sp³-hybridized carbons (Fsp3) is 0.348. The van der Waals surface area contributed by atoms with Crippen molar-refractivity contribution in [1.82, 2.24) is 15.0 Å². The standard InChI is InChI=1S/C23H26N4O2S/c1-5-6-16-8-9-17-20-21(30-23(17)27-16)22(26-13-25-20)24-12-14(2)15-7-10-18(28-3)19(11-15)29-4/h7-11,13-14H,5-6,12H2,1-4H3,(H,24,25,26). The number of nitrogens with one attached hydrogen (secondary N) is 1. The van der Waals surface area contributed by atoms with Crippen LogP contribution in [0.5, 0.6) is 11.5 Å². The maximum atomic E-state index is 5.44. The molecule has 3 aromatic heterocycles. The van der Waals surface area contributed by atoms with E-state index in [0.717, 1.165) is 62.8 Å². The van der Waals surface area contributed by atoms with Crippen LogP contribution < -0.4 is 14.8 Å². The van der Waals surface area contributed by atoms with Crippen LogP contribution in [0.1, 0.15) is 37.4 Å². The molecule has 1 atom stereocenters. The van der Waals surface area contributed by atoms with E-state index in [9.17, 15) is 0 Å². The molecule has 30 heavy (non-hydrogen) atoms. The van der Waals surface area contributed by atoms with E-state index in [2.05, 4.69) is 47.3 Å². The number of benzene rings is 1. The summed E-state index contributed by atoms with van der Waals surface area (Å²) in [5.74, 6) is 2.59. The van der Waals surface area contributed by atoms with Crippen molar-refractivity contribution in [1.29, 1.82) is 0 Å². The first-order chi connectivity index (χ1) is 14.6. The van der Waals surface area contributed by atoms with Crippen LogP contribution in [0.2, 0.25) is 0 Å². The molecule has 4 aromatic rings. The number of anilines is 1. The Morgan fingerprint density at radius 3 is 2.67 bits per heavy atom. The number of hydrogen-bond acceptors (Lipinski definition) is 7. The molecule has 0 saturated heterocycles. The number of thiophene rings is 1. The lowest BCUT2D eigenvalue weighted by Crippen LogP contribution is -2.11. The molecule has 0 amide bonds. The second kappa shape index (κ2) is 8.83. The SMILES string of the molecule is CCCc1ccc2c(n1)sc1c(NCC(C)c3ccc(OC)c(OC)c3)ncnc12. The normalized spacial score (nSPS) is 12.3. The maximum Gasteiger partial charge on any atom is 0.160 e. The van der Waals surface area contributed by atoms with Crippen molar-refractivity contribution in [3.63, 3.8) is 0 Å². The van der Waals surface area contributed by atoms with Crippen LogP contribution in [-0.2, 0) is 6.42 Å². The Kier molecular flexibility index (Phi) is 5.99. The van der Waals surface area contributed by atoms with Crippen LogP contribution in [0, 0.1) is 0 Å². The highest BCUT2D eigenvalue weighted by Crippen LogP contribution is 2.35. The lowest BCUT2D eigenvalue weighted by molar-refractivity contribution is 0.354. The first-order valence-electron chi connectivity index (χ1n) is 10.1. The van der Waals surface area contributed by atoms with Gasteiger partial charge >= 0.3 is 0 Å². The van der Waals surface area contributed by atoms with Gasteiger partial charge in [0.2, 0.25) is 0 Å². The number of methoxy groups -OCH3 is 2. The summed E-state index contributed by atoms with van der Waals surface area (Å²) in [5, 5.41) is 4.60.